The summed E-state index contributed by atoms with van der Waals surface area (Å²) < 4.78 is 5.43. The fraction of sp³-hybridized carbons (Fsp3) is 0.227. The maximum Gasteiger partial charge on any atom is 0.270 e. The Morgan fingerprint density at radius 3 is 2.68 bits per heavy atom. The summed E-state index contributed by atoms with van der Waals surface area (Å²) in [6.45, 7) is 0. The van der Waals surface area contributed by atoms with E-state index in [4.69, 9.17) is 4.42 Å². The summed E-state index contributed by atoms with van der Waals surface area (Å²) in [5.41, 5.74) is 6.88. The Morgan fingerprint density at radius 2 is 1.93 bits per heavy atom. The molecule has 0 spiro atoms. The number of nitrogens with one attached hydrogen (secondary N) is 2. The standard InChI is InChI=1S/C22H19N3O3/c26-21(16-11-13-7-8-14(16)10-13)24-25-22(27)17-12-19(20-6-3-9-28-20)23-18-5-2-1-4-15(17)18/h1-9,12-14,16H,10-11H2,(H,24,26)(H,25,27)/t13-,14-,16-/m1/s1. The second-order valence-electron chi connectivity index (χ2n) is 7.38. The summed E-state index contributed by atoms with van der Waals surface area (Å²) in [4.78, 5) is 29.9. The minimum Gasteiger partial charge on any atom is -0.463 e. The third-order valence-corrected chi connectivity index (χ3v) is 5.65. The Kier molecular flexibility index (Phi) is 3.97. The van der Waals surface area contributed by atoms with Crippen LogP contribution in [0.2, 0.25) is 0 Å². The van der Waals surface area contributed by atoms with Gasteiger partial charge in [0.2, 0.25) is 5.91 Å². The first kappa shape index (κ1) is 16.7. The zero-order valence-electron chi connectivity index (χ0n) is 15.1. The first-order valence-corrected chi connectivity index (χ1v) is 9.41. The molecule has 2 aliphatic rings. The van der Waals surface area contributed by atoms with Gasteiger partial charge in [-0.2, -0.15) is 0 Å². The monoisotopic (exact) mass is 373 g/mol. The van der Waals surface area contributed by atoms with Gasteiger partial charge in [0, 0.05) is 11.3 Å². The molecule has 3 aromatic rings. The lowest BCUT2D eigenvalue weighted by Gasteiger charge is -2.18. The Morgan fingerprint density at radius 1 is 1.04 bits per heavy atom. The van der Waals surface area contributed by atoms with Crippen LogP contribution in [0.3, 0.4) is 0 Å². The molecule has 5 rings (SSSR count). The van der Waals surface area contributed by atoms with Crippen LogP contribution in [-0.2, 0) is 4.79 Å². The number of amides is 2. The van der Waals surface area contributed by atoms with E-state index in [-0.39, 0.29) is 23.7 Å². The van der Waals surface area contributed by atoms with Crippen LogP contribution in [0, 0.1) is 17.8 Å². The predicted molar refractivity (Wildman–Crippen MR) is 104 cm³/mol. The summed E-state index contributed by atoms with van der Waals surface area (Å²) >= 11 is 0. The van der Waals surface area contributed by atoms with Crippen LogP contribution in [0.25, 0.3) is 22.4 Å². The van der Waals surface area contributed by atoms with Crippen molar-refractivity contribution in [3.05, 3.63) is 66.4 Å². The normalized spacial score (nSPS) is 22.5. The van der Waals surface area contributed by atoms with Gasteiger partial charge >= 0.3 is 0 Å². The maximum absolute atomic E-state index is 12.9. The molecule has 6 heteroatoms. The molecule has 0 radical (unpaired) electrons. The number of fused-ring (bicyclic) bond motifs is 3. The lowest BCUT2D eigenvalue weighted by Crippen LogP contribution is -2.45. The van der Waals surface area contributed by atoms with Crippen molar-refractivity contribution in [3.63, 3.8) is 0 Å². The molecular formula is C22H19N3O3. The molecule has 1 aromatic carbocycles. The van der Waals surface area contributed by atoms with E-state index in [1.54, 1.807) is 24.5 Å². The van der Waals surface area contributed by atoms with E-state index < -0.39 is 0 Å². The zero-order chi connectivity index (χ0) is 19.1. The molecule has 6 nitrogen and oxygen atoms in total. The van der Waals surface area contributed by atoms with Crippen LogP contribution < -0.4 is 10.9 Å². The number of hydrazine groups is 1. The van der Waals surface area contributed by atoms with Gasteiger partial charge in [-0.1, -0.05) is 30.4 Å². The molecule has 140 valence electrons. The van der Waals surface area contributed by atoms with Crippen molar-refractivity contribution < 1.29 is 14.0 Å². The number of furan rings is 1. The summed E-state index contributed by atoms with van der Waals surface area (Å²) in [5, 5.41) is 0.715. The fourth-order valence-electron chi connectivity index (χ4n) is 4.27. The van der Waals surface area contributed by atoms with Crippen LogP contribution in [0.1, 0.15) is 23.2 Å². The van der Waals surface area contributed by atoms with Gasteiger partial charge in [0.25, 0.3) is 5.91 Å². The Labute approximate surface area is 161 Å². The van der Waals surface area contributed by atoms with Gasteiger partial charge in [0.15, 0.2) is 5.76 Å². The highest BCUT2D eigenvalue weighted by Gasteiger charge is 2.39. The first-order chi connectivity index (χ1) is 13.7. The molecule has 2 bridgehead atoms. The Balaban J connectivity index is 1.39. The number of hydrogen-bond acceptors (Lipinski definition) is 4. The van der Waals surface area contributed by atoms with Crippen molar-refractivity contribution in [2.45, 2.75) is 12.8 Å². The number of hydrogen-bond donors (Lipinski definition) is 2. The molecule has 2 aromatic heterocycles. The van der Waals surface area contributed by atoms with E-state index in [1.807, 2.05) is 24.3 Å². The largest absolute Gasteiger partial charge is 0.463 e. The van der Waals surface area contributed by atoms with E-state index in [0.29, 0.717) is 33.8 Å². The number of nitrogens with zero attached hydrogens (tertiary/aromatic N) is 1. The third kappa shape index (κ3) is 2.87. The highest BCUT2D eigenvalue weighted by molar-refractivity contribution is 6.07. The molecule has 0 aliphatic heterocycles. The number of benzene rings is 1. The predicted octanol–water partition coefficient (Wildman–Crippen LogP) is 3.47. The SMILES string of the molecule is O=C(NNC(=O)[C@@H]1C[C@@H]2C=C[C@@H]1C2)c1cc(-c2ccco2)nc2ccccc12. The van der Waals surface area contributed by atoms with Gasteiger partial charge in [-0.25, -0.2) is 4.98 Å². The topological polar surface area (TPSA) is 84.2 Å². The number of para-hydroxylation sites is 1. The highest BCUT2D eigenvalue weighted by Crippen LogP contribution is 2.43. The first-order valence-electron chi connectivity index (χ1n) is 9.41. The second kappa shape index (κ2) is 6.64. The number of allylic oxidation sites excluding steroid dienone is 2. The number of pyridine rings is 1. The molecule has 3 atom stereocenters. The van der Waals surface area contributed by atoms with Gasteiger partial charge in [0.05, 0.1) is 17.3 Å². The summed E-state index contributed by atoms with van der Waals surface area (Å²) in [6, 6.07) is 12.7. The molecule has 1 fully saturated rings. The van der Waals surface area contributed by atoms with Crippen LogP contribution >= 0.6 is 0 Å². The third-order valence-electron chi connectivity index (χ3n) is 5.65. The van der Waals surface area contributed by atoms with Crippen molar-refractivity contribution >= 4 is 22.7 Å². The van der Waals surface area contributed by atoms with Crippen molar-refractivity contribution in [2.75, 3.05) is 0 Å². The highest BCUT2D eigenvalue weighted by atomic mass is 16.3. The Bertz CT molecular complexity index is 1090. The lowest BCUT2D eigenvalue weighted by molar-refractivity contribution is -0.126. The molecule has 2 N–H and O–H groups in total. The summed E-state index contributed by atoms with van der Waals surface area (Å²) in [5.74, 6) is 0.791. The molecule has 2 amide bonds. The molecular weight excluding hydrogens is 354 g/mol. The smallest absolute Gasteiger partial charge is 0.270 e. The van der Waals surface area contributed by atoms with E-state index in [0.717, 1.165) is 12.8 Å². The average Bonchev–Trinajstić information content (AvgIpc) is 3.49. The molecule has 0 saturated heterocycles. The quantitative estimate of drug-likeness (QED) is 0.544. The van der Waals surface area contributed by atoms with Gasteiger partial charge in [0.1, 0.15) is 5.69 Å². The Hall–Kier alpha value is -3.41. The molecule has 2 aliphatic carbocycles. The van der Waals surface area contributed by atoms with E-state index in [1.165, 1.54) is 0 Å². The summed E-state index contributed by atoms with van der Waals surface area (Å²) in [6.07, 6.45) is 7.76. The number of carbonyl (C=O) groups is 2. The van der Waals surface area contributed by atoms with Crippen molar-refractivity contribution in [1.29, 1.82) is 0 Å². The average molecular weight is 373 g/mol. The lowest BCUT2D eigenvalue weighted by atomic mass is 9.93. The van der Waals surface area contributed by atoms with Crippen LogP contribution in [0.15, 0.2) is 65.3 Å². The zero-order valence-corrected chi connectivity index (χ0v) is 15.1. The van der Waals surface area contributed by atoms with Crippen LogP contribution in [-0.4, -0.2) is 16.8 Å². The van der Waals surface area contributed by atoms with Gasteiger partial charge in [-0.05, 0) is 48.9 Å². The van der Waals surface area contributed by atoms with Gasteiger partial charge < -0.3 is 4.42 Å². The number of aromatic nitrogens is 1. The minimum absolute atomic E-state index is 0.0665. The fourth-order valence-corrected chi connectivity index (χ4v) is 4.27. The second-order valence-corrected chi connectivity index (χ2v) is 7.38. The number of rotatable bonds is 3. The van der Waals surface area contributed by atoms with Crippen LogP contribution in [0.5, 0.6) is 0 Å². The summed E-state index contributed by atoms with van der Waals surface area (Å²) in [7, 11) is 0. The molecule has 1 saturated carbocycles. The van der Waals surface area contributed by atoms with E-state index in [9.17, 15) is 9.59 Å². The molecule has 2 heterocycles. The number of carbonyl (C=O) groups excluding carboxylic acids is 2. The van der Waals surface area contributed by atoms with E-state index in [2.05, 4.69) is 28.0 Å². The van der Waals surface area contributed by atoms with E-state index >= 15 is 0 Å². The van der Waals surface area contributed by atoms with Crippen molar-refractivity contribution in [1.82, 2.24) is 15.8 Å². The van der Waals surface area contributed by atoms with Crippen molar-refractivity contribution in [2.24, 2.45) is 17.8 Å². The molecule has 0 unspecified atom stereocenters. The maximum atomic E-state index is 12.9. The molecule has 28 heavy (non-hydrogen) atoms. The minimum atomic E-state index is -0.376. The van der Waals surface area contributed by atoms with Gasteiger partial charge in [-0.3, -0.25) is 20.4 Å². The van der Waals surface area contributed by atoms with Gasteiger partial charge in [-0.15, -0.1) is 0 Å². The van der Waals surface area contributed by atoms with Crippen molar-refractivity contribution in [3.8, 4) is 11.5 Å². The van der Waals surface area contributed by atoms with Crippen LogP contribution in [0.4, 0.5) is 0 Å².